The Morgan fingerprint density at radius 3 is 2.60 bits per heavy atom. The van der Waals surface area contributed by atoms with E-state index in [0.29, 0.717) is 5.92 Å². The maximum atomic E-state index is 11.4. The molecule has 2 aliphatic carbocycles. The number of hydrogen-bond acceptors (Lipinski definition) is 2. The topological polar surface area (TPSA) is 20.2 Å². The van der Waals surface area contributed by atoms with E-state index in [0.717, 1.165) is 18.8 Å². The SMILES string of the molecule is OC1(Cc2sccc2Br)CCCCC1C1CCCCC1. The third-order valence-corrected chi connectivity index (χ3v) is 7.37. The molecule has 20 heavy (non-hydrogen) atoms. The summed E-state index contributed by atoms with van der Waals surface area (Å²) in [5, 5.41) is 13.5. The number of aliphatic hydroxyl groups is 1. The second-order valence-corrected chi connectivity index (χ2v) is 8.58. The molecule has 0 bridgehead atoms. The quantitative estimate of drug-likeness (QED) is 0.751. The average molecular weight is 357 g/mol. The summed E-state index contributed by atoms with van der Waals surface area (Å²) in [5.41, 5.74) is -0.451. The fourth-order valence-corrected chi connectivity index (χ4v) is 6.02. The van der Waals surface area contributed by atoms with Crippen LogP contribution >= 0.6 is 27.3 Å². The van der Waals surface area contributed by atoms with Gasteiger partial charge in [0.1, 0.15) is 0 Å². The van der Waals surface area contributed by atoms with Crippen LogP contribution < -0.4 is 0 Å². The van der Waals surface area contributed by atoms with E-state index >= 15 is 0 Å². The molecule has 0 spiro atoms. The van der Waals surface area contributed by atoms with E-state index in [1.165, 1.54) is 60.7 Å². The molecule has 1 nitrogen and oxygen atoms in total. The molecule has 0 radical (unpaired) electrons. The van der Waals surface area contributed by atoms with Gasteiger partial charge in [-0.25, -0.2) is 0 Å². The fraction of sp³-hybridized carbons (Fsp3) is 0.765. The van der Waals surface area contributed by atoms with Crippen LogP contribution in [0.2, 0.25) is 0 Å². The summed E-state index contributed by atoms with van der Waals surface area (Å²) in [4.78, 5) is 1.33. The minimum atomic E-state index is -0.451. The Bertz CT molecular complexity index is 438. The van der Waals surface area contributed by atoms with Crippen LogP contribution in [0.1, 0.15) is 62.7 Å². The predicted molar refractivity (Wildman–Crippen MR) is 89.2 cm³/mol. The summed E-state index contributed by atoms with van der Waals surface area (Å²) in [7, 11) is 0. The number of thiophene rings is 1. The lowest BCUT2D eigenvalue weighted by atomic mass is 9.64. The summed E-state index contributed by atoms with van der Waals surface area (Å²) in [6.07, 6.45) is 12.4. The minimum Gasteiger partial charge on any atom is -0.389 e. The normalized spacial score (nSPS) is 32.4. The van der Waals surface area contributed by atoms with E-state index < -0.39 is 5.60 Å². The molecule has 2 atom stereocenters. The van der Waals surface area contributed by atoms with Gasteiger partial charge in [-0.15, -0.1) is 11.3 Å². The Kier molecular flexibility index (Phi) is 4.89. The van der Waals surface area contributed by atoms with Crippen molar-refractivity contribution in [2.45, 2.75) is 69.8 Å². The molecule has 1 aromatic heterocycles. The third-order valence-electron chi connectivity index (χ3n) is 5.44. The Balaban J connectivity index is 1.77. The first-order chi connectivity index (χ1) is 9.69. The van der Waals surface area contributed by atoms with Crippen molar-refractivity contribution < 1.29 is 5.11 Å². The first kappa shape index (κ1) is 15.1. The van der Waals surface area contributed by atoms with Crippen LogP contribution in [0.25, 0.3) is 0 Å². The van der Waals surface area contributed by atoms with Crippen molar-refractivity contribution in [3.63, 3.8) is 0 Å². The van der Waals surface area contributed by atoms with Crippen LogP contribution in [0.15, 0.2) is 15.9 Å². The van der Waals surface area contributed by atoms with Gasteiger partial charge in [-0.05, 0) is 52.1 Å². The molecule has 2 aliphatic rings. The molecular formula is C17H25BrOS. The van der Waals surface area contributed by atoms with E-state index in [9.17, 15) is 5.11 Å². The van der Waals surface area contributed by atoms with Gasteiger partial charge in [-0.2, -0.15) is 0 Å². The number of hydrogen-bond donors (Lipinski definition) is 1. The standard InChI is InChI=1S/C17H25BrOS/c18-15-9-11-20-16(15)12-17(19)10-5-4-8-14(17)13-6-2-1-3-7-13/h9,11,13-14,19H,1-8,10,12H2. The van der Waals surface area contributed by atoms with E-state index in [-0.39, 0.29) is 0 Å². The van der Waals surface area contributed by atoms with Crippen molar-refractivity contribution in [3.05, 3.63) is 20.8 Å². The summed E-state index contributed by atoms with van der Waals surface area (Å²) in [5.74, 6) is 1.30. The second kappa shape index (κ2) is 6.50. The van der Waals surface area contributed by atoms with Gasteiger partial charge in [0.25, 0.3) is 0 Å². The maximum Gasteiger partial charge on any atom is 0.0726 e. The van der Waals surface area contributed by atoms with Crippen LogP contribution in [0.3, 0.4) is 0 Å². The molecule has 2 fully saturated rings. The predicted octanol–water partition coefficient (Wildman–Crippen LogP) is 5.55. The molecule has 0 aromatic carbocycles. The molecule has 2 unspecified atom stereocenters. The molecule has 1 heterocycles. The van der Waals surface area contributed by atoms with E-state index in [4.69, 9.17) is 0 Å². The molecule has 0 aliphatic heterocycles. The summed E-state index contributed by atoms with van der Waals surface area (Å²) in [6, 6.07) is 2.11. The van der Waals surface area contributed by atoms with Gasteiger partial charge in [0.2, 0.25) is 0 Å². The Hall–Kier alpha value is 0.140. The molecule has 3 rings (SSSR count). The molecular weight excluding hydrogens is 332 g/mol. The van der Waals surface area contributed by atoms with Gasteiger partial charge in [0.15, 0.2) is 0 Å². The van der Waals surface area contributed by atoms with Crippen LogP contribution in [0.5, 0.6) is 0 Å². The first-order valence-electron chi connectivity index (χ1n) is 8.13. The third kappa shape index (κ3) is 3.15. The molecule has 1 aromatic rings. The second-order valence-electron chi connectivity index (χ2n) is 6.72. The largest absolute Gasteiger partial charge is 0.389 e. The van der Waals surface area contributed by atoms with Crippen molar-refractivity contribution >= 4 is 27.3 Å². The van der Waals surface area contributed by atoms with Gasteiger partial charge < -0.3 is 5.11 Å². The van der Waals surface area contributed by atoms with Gasteiger partial charge in [0.05, 0.1) is 5.60 Å². The van der Waals surface area contributed by atoms with Gasteiger partial charge in [0, 0.05) is 15.8 Å². The van der Waals surface area contributed by atoms with Crippen LogP contribution in [0.4, 0.5) is 0 Å². The van der Waals surface area contributed by atoms with E-state index in [2.05, 4.69) is 27.4 Å². The average Bonchev–Trinajstić information content (AvgIpc) is 2.85. The fourth-order valence-electron chi connectivity index (χ4n) is 4.41. The molecule has 0 amide bonds. The van der Waals surface area contributed by atoms with Crippen molar-refractivity contribution in [2.24, 2.45) is 11.8 Å². The summed E-state index contributed by atoms with van der Waals surface area (Å²) < 4.78 is 1.18. The van der Waals surface area contributed by atoms with Crippen molar-refractivity contribution in [2.75, 3.05) is 0 Å². The van der Waals surface area contributed by atoms with Gasteiger partial charge >= 0.3 is 0 Å². The van der Waals surface area contributed by atoms with Gasteiger partial charge in [-0.1, -0.05) is 44.9 Å². The lowest BCUT2D eigenvalue weighted by Gasteiger charge is -2.45. The highest BCUT2D eigenvalue weighted by atomic mass is 79.9. The maximum absolute atomic E-state index is 11.4. The van der Waals surface area contributed by atoms with Crippen LogP contribution in [0, 0.1) is 11.8 Å². The monoisotopic (exact) mass is 356 g/mol. The van der Waals surface area contributed by atoms with E-state index in [1.54, 1.807) is 11.3 Å². The van der Waals surface area contributed by atoms with Crippen molar-refractivity contribution in [3.8, 4) is 0 Å². The zero-order chi connectivity index (χ0) is 14.0. The number of halogens is 1. The Morgan fingerprint density at radius 2 is 1.90 bits per heavy atom. The molecule has 3 heteroatoms. The molecule has 112 valence electrons. The highest BCUT2D eigenvalue weighted by Gasteiger charge is 2.43. The van der Waals surface area contributed by atoms with E-state index in [1.807, 2.05) is 0 Å². The molecule has 0 saturated heterocycles. The van der Waals surface area contributed by atoms with Crippen molar-refractivity contribution in [1.29, 1.82) is 0 Å². The van der Waals surface area contributed by atoms with Crippen molar-refractivity contribution in [1.82, 2.24) is 0 Å². The Labute approximate surface area is 134 Å². The summed E-state index contributed by atoms with van der Waals surface area (Å²) in [6.45, 7) is 0. The minimum absolute atomic E-state index is 0.451. The summed E-state index contributed by atoms with van der Waals surface area (Å²) >= 11 is 5.42. The van der Waals surface area contributed by atoms with Crippen LogP contribution in [-0.2, 0) is 6.42 Å². The molecule has 2 saturated carbocycles. The zero-order valence-electron chi connectivity index (χ0n) is 12.1. The van der Waals surface area contributed by atoms with Crippen LogP contribution in [-0.4, -0.2) is 10.7 Å². The number of rotatable bonds is 3. The van der Waals surface area contributed by atoms with Gasteiger partial charge in [-0.3, -0.25) is 0 Å². The Morgan fingerprint density at radius 1 is 1.15 bits per heavy atom. The molecule has 1 N–H and O–H groups in total. The first-order valence-corrected chi connectivity index (χ1v) is 9.80. The lowest BCUT2D eigenvalue weighted by molar-refractivity contribution is -0.0762. The highest BCUT2D eigenvalue weighted by Crippen LogP contribution is 2.46. The smallest absolute Gasteiger partial charge is 0.0726 e. The zero-order valence-corrected chi connectivity index (χ0v) is 14.5. The lowest BCUT2D eigenvalue weighted by Crippen LogP contribution is -2.46. The highest BCUT2D eigenvalue weighted by molar-refractivity contribution is 9.10.